The van der Waals surface area contributed by atoms with Crippen LogP contribution < -0.4 is 5.63 Å². The molecule has 154 valence electrons. The zero-order valence-electron chi connectivity index (χ0n) is 16.5. The zero-order valence-corrected chi connectivity index (χ0v) is 18.1. The van der Waals surface area contributed by atoms with Gasteiger partial charge < -0.3 is 14.5 Å². The van der Waals surface area contributed by atoms with Gasteiger partial charge in [0.1, 0.15) is 16.9 Å². The van der Waals surface area contributed by atoms with E-state index in [1.165, 1.54) is 0 Å². The fourth-order valence-electron chi connectivity index (χ4n) is 4.15. The molecule has 2 N–H and O–H groups in total. The highest BCUT2D eigenvalue weighted by molar-refractivity contribution is 9.10. The smallest absolute Gasteiger partial charge is 0.348 e. The summed E-state index contributed by atoms with van der Waals surface area (Å²) in [6.45, 7) is 0. The average molecular weight is 484 g/mol. The molecule has 3 heterocycles. The molecule has 6 nitrogen and oxygen atoms in total. The lowest BCUT2D eigenvalue weighted by Gasteiger charge is -2.09. The summed E-state index contributed by atoms with van der Waals surface area (Å²) in [6.07, 6.45) is 3.23. The third kappa shape index (κ3) is 2.75. The summed E-state index contributed by atoms with van der Waals surface area (Å²) in [5.41, 5.74) is 3.95. The van der Waals surface area contributed by atoms with Crippen molar-refractivity contribution in [2.45, 2.75) is 0 Å². The van der Waals surface area contributed by atoms with Crippen molar-refractivity contribution >= 4 is 48.8 Å². The van der Waals surface area contributed by atoms with Crippen molar-refractivity contribution < 1.29 is 9.52 Å². The van der Waals surface area contributed by atoms with Crippen molar-refractivity contribution in [3.8, 4) is 28.1 Å². The Hall–Kier alpha value is -3.97. The van der Waals surface area contributed by atoms with Crippen LogP contribution in [0.3, 0.4) is 0 Å². The summed E-state index contributed by atoms with van der Waals surface area (Å²) in [5, 5.41) is 12.4. The Morgan fingerprint density at radius 1 is 0.906 bits per heavy atom. The van der Waals surface area contributed by atoms with Crippen LogP contribution in [0.15, 0.2) is 86.7 Å². The molecular weight excluding hydrogens is 470 g/mol. The fraction of sp³-hybridized carbons (Fsp3) is 0. The number of aromatic amines is 1. The monoisotopic (exact) mass is 483 g/mol. The molecule has 0 aliphatic rings. The van der Waals surface area contributed by atoms with Gasteiger partial charge in [0.05, 0.1) is 22.1 Å². The topological polar surface area (TPSA) is 92.0 Å². The first kappa shape index (κ1) is 18.8. The van der Waals surface area contributed by atoms with Crippen LogP contribution in [-0.4, -0.2) is 20.1 Å². The van der Waals surface area contributed by atoms with Gasteiger partial charge in [-0.15, -0.1) is 0 Å². The number of aromatic hydroxyl groups is 1. The number of hydrogen-bond acceptors (Lipinski definition) is 5. The molecule has 0 saturated carbocycles. The molecule has 6 rings (SSSR count). The van der Waals surface area contributed by atoms with E-state index in [0.717, 1.165) is 15.6 Å². The van der Waals surface area contributed by atoms with Crippen molar-refractivity contribution in [2.75, 3.05) is 0 Å². The molecule has 0 fully saturated rings. The highest BCUT2D eigenvalue weighted by Crippen LogP contribution is 2.44. The van der Waals surface area contributed by atoms with Crippen LogP contribution in [-0.2, 0) is 0 Å². The number of aromatic nitrogens is 3. The number of H-pyrrole nitrogens is 1. The van der Waals surface area contributed by atoms with E-state index in [9.17, 15) is 9.90 Å². The van der Waals surface area contributed by atoms with Crippen LogP contribution in [0, 0.1) is 0 Å². The molecule has 3 aromatic carbocycles. The van der Waals surface area contributed by atoms with Crippen molar-refractivity contribution in [1.82, 2.24) is 15.0 Å². The number of nitrogens with one attached hydrogen (secondary N) is 1. The number of halogens is 1. The lowest BCUT2D eigenvalue weighted by Crippen LogP contribution is -2.04. The van der Waals surface area contributed by atoms with Gasteiger partial charge in [0, 0.05) is 33.3 Å². The summed E-state index contributed by atoms with van der Waals surface area (Å²) < 4.78 is 6.53. The predicted molar refractivity (Wildman–Crippen MR) is 128 cm³/mol. The van der Waals surface area contributed by atoms with Crippen LogP contribution in [0.1, 0.15) is 0 Å². The van der Waals surface area contributed by atoms with Gasteiger partial charge in [-0.3, -0.25) is 9.97 Å². The summed E-state index contributed by atoms with van der Waals surface area (Å²) in [7, 11) is 0. The number of nitrogens with zero attached hydrogens (tertiary/aromatic N) is 2. The summed E-state index contributed by atoms with van der Waals surface area (Å²) in [5.74, 6) is -0.128. The Balaban J connectivity index is 1.83. The fourth-order valence-corrected chi connectivity index (χ4v) is 4.42. The van der Waals surface area contributed by atoms with Gasteiger partial charge in [-0.2, -0.15) is 0 Å². The number of fused-ring (bicyclic) bond motifs is 4. The van der Waals surface area contributed by atoms with Crippen LogP contribution in [0.2, 0.25) is 0 Å². The standard InChI is InChI=1S/C25H14BrN3O3/c26-14-7-5-13(6-8-14)22-20(19-16(29-22)9-10-17-23(19)28-12-11-27-17)21-24(30)15-3-1-2-4-18(15)32-25(21)31/h1-12,29-30H. The first-order chi connectivity index (χ1) is 15.6. The van der Waals surface area contributed by atoms with E-state index in [4.69, 9.17) is 4.42 Å². The van der Waals surface area contributed by atoms with E-state index < -0.39 is 5.63 Å². The number of rotatable bonds is 2. The van der Waals surface area contributed by atoms with Gasteiger partial charge >= 0.3 is 5.63 Å². The Bertz CT molecular complexity index is 1720. The highest BCUT2D eigenvalue weighted by Gasteiger charge is 2.25. The van der Waals surface area contributed by atoms with Gasteiger partial charge in [-0.25, -0.2) is 4.79 Å². The summed E-state index contributed by atoms with van der Waals surface area (Å²) in [6, 6.07) is 18.4. The lowest BCUT2D eigenvalue weighted by atomic mass is 9.97. The molecule has 6 aromatic rings. The van der Waals surface area contributed by atoms with Crippen molar-refractivity contribution in [2.24, 2.45) is 0 Å². The SMILES string of the molecule is O=c1oc2ccccc2c(O)c1-c1c(-c2ccc(Br)cc2)[nH]c2ccc3nccnc3c12. The molecule has 0 atom stereocenters. The molecular formula is C25H14BrN3O3. The maximum absolute atomic E-state index is 13.2. The van der Waals surface area contributed by atoms with Gasteiger partial charge in [-0.05, 0) is 42.0 Å². The largest absolute Gasteiger partial charge is 0.506 e. The van der Waals surface area contributed by atoms with Gasteiger partial charge in [0.2, 0.25) is 0 Å². The predicted octanol–water partition coefficient (Wildman–Crippen LogP) is 6.02. The third-order valence-corrected chi connectivity index (χ3v) is 6.10. The third-order valence-electron chi connectivity index (χ3n) is 5.57. The van der Waals surface area contributed by atoms with Crippen molar-refractivity contribution in [1.29, 1.82) is 0 Å². The van der Waals surface area contributed by atoms with Crippen LogP contribution >= 0.6 is 15.9 Å². The maximum atomic E-state index is 13.2. The first-order valence-corrected chi connectivity index (χ1v) is 10.7. The van der Waals surface area contributed by atoms with Crippen LogP contribution in [0.5, 0.6) is 5.75 Å². The molecule has 0 radical (unpaired) electrons. The molecule has 0 bridgehead atoms. The van der Waals surface area contributed by atoms with E-state index in [1.54, 1.807) is 36.7 Å². The normalized spacial score (nSPS) is 11.5. The minimum Gasteiger partial charge on any atom is -0.506 e. The van der Waals surface area contributed by atoms with Gasteiger partial charge in [0.15, 0.2) is 0 Å². The lowest BCUT2D eigenvalue weighted by molar-refractivity contribution is 0.471. The second-order valence-corrected chi connectivity index (χ2v) is 8.32. The number of hydrogen-bond donors (Lipinski definition) is 2. The van der Waals surface area contributed by atoms with Crippen molar-refractivity contribution in [3.63, 3.8) is 0 Å². The van der Waals surface area contributed by atoms with Gasteiger partial charge in [0.25, 0.3) is 0 Å². The second kappa shape index (κ2) is 7.03. The molecule has 0 spiro atoms. The molecule has 7 heteroatoms. The summed E-state index contributed by atoms with van der Waals surface area (Å²) >= 11 is 3.47. The van der Waals surface area contributed by atoms with E-state index in [1.807, 2.05) is 36.4 Å². The molecule has 3 aromatic heterocycles. The minimum atomic E-state index is -0.624. The van der Waals surface area contributed by atoms with E-state index in [0.29, 0.717) is 38.6 Å². The minimum absolute atomic E-state index is 0.0889. The molecule has 0 amide bonds. The Kier molecular flexibility index (Phi) is 4.13. The summed E-state index contributed by atoms with van der Waals surface area (Å²) in [4.78, 5) is 25.5. The second-order valence-electron chi connectivity index (χ2n) is 7.40. The average Bonchev–Trinajstić information content (AvgIpc) is 3.19. The molecule has 0 aliphatic carbocycles. The van der Waals surface area contributed by atoms with Crippen LogP contribution in [0.25, 0.3) is 55.3 Å². The number of benzene rings is 3. The van der Waals surface area contributed by atoms with E-state index in [-0.39, 0.29) is 11.3 Å². The molecule has 0 unspecified atom stereocenters. The van der Waals surface area contributed by atoms with E-state index in [2.05, 4.69) is 30.9 Å². The Morgan fingerprint density at radius 3 is 2.53 bits per heavy atom. The molecule has 32 heavy (non-hydrogen) atoms. The number of para-hydroxylation sites is 1. The van der Waals surface area contributed by atoms with Crippen molar-refractivity contribution in [3.05, 3.63) is 88.0 Å². The molecule has 0 aliphatic heterocycles. The zero-order chi connectivity index (χ0) is 21.8. The van der Waals surface area contributed by atoms with Crippen LogP contribution in [0.4, 0.5) is 0 Å². The highest BCUT2D eigenvalue weighted by atomic mass is 79.9. The first-order valence-electron chi connectivity index (χ1n) is 9.88. The Morgan fingerprint density at radius 2 is 1.69 bits per heavy atom. The quantitative estimate of drug-likeness (QED) is 0.293. The Labute approximate surface area is 189 Å². The molecule has 0 saturated heterocycles. The van der Waals surface area contributed by atoms with Gasteiger partial charge in [-0.1, -0.05) is 40.2 Å². The maximum Gasteiger partial charge on any atom is 0.348 e. The van der Waals surface area contributed by atoms with E-state index >= 15 is 0 Å².